The zero-order chi connectivity index (χ0) is 19.7. The van der Waals surface area contributed by atoms with Crippen LogP contribution in [0.15, 0.2) is 60.2 Å². The molecule has 0 unspecified atom stereocenters. The molecule has 2 aliphatic carbocycles. The summed E-state index contributed by atoms with van der Waals surface area (Å²) in [7, 11) is 0. The first kappa shape index (κ1) is 19.7. The summed E-state index contributed by atoms with van der Waals surface area (Å²) in [6, 6.07) is 14.0. The quantitative estimate of drug-likeness (QED) is 0.306. The second kappa shape index (κ2) is 8.02. The van der Waals surface area contributed by atoms with Crippen molar-refractivity contribution in [3.05, 3.63) is 82.5 Å². The average molecular weight is 480 g/mol. The van der Waals surface area contributed by atoms with Gasteiger partial charge in [-0.15, -0.1) is 0 Å². The smallest absolute Gasteiger partial charge is 0.0182 e. The van der Waals surface area contributed by atoms with Crippen molar-refractivity contribution >= 4 is 34.2 Å². The van der Waals surface area contributed by atoms with Crippen molar-refractivity contribution in [2.75, 3.05) is 4.43 Å². The lowest BCUT2D eigenvalue weighted by atomic mass is 9.81. The SMILES string of the molecule is CCC/C=C1\C(=C/CI)C(C)(C)c2cc(-c3cccc4c3C=CCC4)ccc21. The van der Waals surface area contributed by atoms with Gasteiger partial charge in [-0.05, 0) is 69.9 Å². The maximum Gasteiger partial charge on any atom is 0.0182 e. The van der Waals surface area contributed by atoms with Gasteiger partial charge < -0.3 is 0 Å². The standard InChI is InChI=1S/C27H29I/c1-4-5-11-23-24-15-14-20(18-26(24)27(2,3)25(23)16-17-28)22-13-8-10-19-9-6-7-12-21(19)22/h7-8,10-16,18H,4-6,9,17H2,1-3H3/b23-11-,25-16+. The molecule has 0 atom stereocenters. The van der Waals surface area contributed by atoms with E-state index in [1.807, 2.05) is 0 Å². The molecule has 0 fully saturated rings. The van der Waals surface area contributed by atoms with Gasteiger partial charge in [0.05, 0.1) is 0 Å². The zero-order valence-electron chi connectivity index (χ0n) is 17.2. The van der Waals surface area contributed by atoms with Gasteiger partial charge in [-0.3, -0.25) is 0 Å². The molecule has 0 N–H and O–H groups in total. The Morgan fingerprint density at radius 2 is 1.93 bits per heavy atom. The number of hydrogen-bond donors (Lipinski definition) is 0. The molecule has 0 aromatic heterocycles. The number of halogens is 1. The lowest BCUT2D eigenvalue weighted by Gasteiger charge is -2.23. The number of alkyl halides is 1. The van der Waals surface area contributed by atoms with E-state index >= 15 is 0 Å². The predicted octanol–water partition coefficient (Wildman–Crippen LogP) is 8.15. The summed E-state index contributed by atoms with van der Waals surface area (Å²) in [6.07, 6.45) is 14.2. The van der Waals surface area contributed by atoms with E-state index in [1.165, 1.54) is 50.9 Å². The molecule has 0 radical (unpaired) electrons. The highest BCUT2D eigenvalue weighted by atomic mass is 127. The van der Waals surface area contributed by atoms with Crippen LogP contribution in [0.4, 0.5) is 0 Å². The Morgan fingerprint density at radius 1 is 1.07 bits per heavy atom. The number of aryl methyl sites for hydroxylation is 1. The summed E-state index contributed by atoms with van der Waals surface area (Å²) in [5.74, 6) is 0. The molecule has 144 valence electrons. The van der Waals surface area contributed by atoms with E-state index < -0.39 is 0 Å². The summed E-state index contributed by atoms with van der Waals surface area (Å²) in [6.45, 7) is 7.04. The molecule has 2 aromatic rings. The first-order valence-corrected chi connectivity index (χ1v) is 12.0. The number of benzene rings is 2. The Hall–Kier alpha value is -1.61. The van der Waals surface area contributed by atoms with Crippen molar-refractivity contribution in [1.29, 1.82) is 0 Å². The van der Waals surface area contributed by atoms with E-state index in [2.05, 4.69) is 104 Å². The summed E-state index contributed by atoms with van der Waals surface area (Å²) in [5.41, 5.74) is 11.5. The number of rotatable bonds is 4. The third kappa shape index (κ3) is 3.32. The van der Waals surface area contributed by atoms with Crippen molar-refractivity contribution in [2.24, 2.45) is 0 Å². The number of allylic oxidation sites excluding steroid dienone is 5. The lowest BCUT2D eigenvalue weighted by molar-refractivity contribution is 0.660. The molecule has 28 heavy (non-hydrogen) atoms. The molecule has 0 bridgehead atoms. The zero-order valence-corrected chi connectivity index (χ0v) is 19.3. The second-order valence-electron chi connectivity index (χ2n) is 8.38. The molecule has 2 aliphatic rings. The van der Waals surface area contributed by atoms with E-state index in [1.54, 1.807) is 0 Å². The van der Waals surface area contributed by atoms with Gasteiger partial charge >= 0.3 is 0 Å². The Bertz CT molecular complexity index is 985. The first-order chi connectivity index (χ1) is 13.6. The van der Waals surface area contributed by atoms with Crippen LogP contribution in [0.3, 0.4) is 0 Å². The van der Waals surface area contributed by atoms with Crippen LogP contribution in [-0.4, -0.2) is 4.43 Å². The molecule has 0 aliphatic heterocycles. The fourth-order valence-corrected chi connectivity index (χ4v) is 5.20. The highest BCUT2D eigenvalue weighted by Gasteiger charge is 2.37. The van der Waals surface area contributed by atoms with Gasteiger partial charge in [0.1, 0.15) is 0 Å². The van der Waals surface area contributed by atoms with Gasteiger partial charge in [0, 0.05) is 9.84 Å². The van der Waals surface area contributed by atoms with Crippen molar-refractivity contribution in [2.45, 2.75) is 51.9 Å². The minimum Gasteiger partial charge on any atom is -0.0836 e. The molecule has 0 heterocycles. The fraction of sp³-hybridized carbons (Fsp3) is 0.333. The van der Waals surface area contributed by atoms with E-state index in [0.717, 1.165) is 23.7 Å². The molecule has 0 spiro atoms. The van der Waals surface area contributed by atoms with E-state index in [9.17, 15) is 0 Å². The Balaban J connectivity index is 1.88. The summed E-state index contributed by atoms with van der Waals surface area (Å²) in [4.78, 5) is 0. The molecule has 4 rings (SSSR count). The second-order valence-corrected chi connectivity index (χ2v) is 9.26. The Labute approximate surface area is 183 Å². The maximum absolute atomic E-state index is 2.47. The van der Waals surface area contributed by atoms with Crippen LogP contribution in [0.2, 0.25) is 0 Å². The van der Waals surface area contributed by atoms with Crippen LogP contribution in [0.25, 0.3) is 22.8 Å². The third-order valence-electron chi connectivity index (χ3n) is 6.24. The van der Waals surface area contributed by atoms with Crippen LogP contribution in [0, 0.1) is 0 Å². The first-order valence-electron chi connectivity index (χ1n) is 10.5. The normalized spacial score (nSPS) is 19.9. The van der Waals surface area contributed by atoms with Crippen molar-refractivity contribution in [3.8, 4) is 11.1 Å². The predicted molar refractivity (Wildman–Crippen MR) is 132 cm³/mol. The monoisotopic (exact) mass is 480 g/mol. The van der Waals surface area contributed by atoms with E-state index in [4.69, 9.17) is 0 Å². The van der Waals surface area contributed by atoms with Gasteiger partial charge in [0.15, 0.2) is 0 Å². The van der Waals surface area contributed by atoms with Crippen molar-refractivity contribution < 1.29 is 0 Å². The molecular weight excluding hydrogens is 451 g/mol. The van der Waals surface area contributed by atoms with E-state index in [0.29, 0.717) is 0 Å². The van der Waals surface area contributed by atoms with Gasteiger partial charge in [0.2, 0.25) is 0 Å². The maximum atomic E-state index is 2.47. The number of hydrogen-bond acceptors (Lipinski definition) is 0. The van der Waals surface area contributed by atoms with Gasteiger partial charge in [-0.1, -0.05) is 104 Å². The third-order valence-corrected chi connectivity index (χ3v) is 6.68. The van der Waals surface area contributed by atoms with E-state index in [-0.39, 0.29) is 5.41 Å². The number of fused-ring (bicyclic) bond motifs is 2. The minimum absolute atomic E-state index is 0.0563. The minimum atomic E-state index is 0.0563. The van der Waals surface area contributed by atoms with Crippen LogP contribution in [0.5, 0.6) is 0 Å². The lowest BCUT2D eigenvalue weighted by Crippen LogP contribution is -2.15. The number of unbranched alkanes of at least 4 members (excludes halogenated alkanes) is 1. The molecule has 0 saturated heterocycles. The average Bonchev–Trinajstić information content (AvgIpc) is 2.92. The largest absolute Gasteiger partial charge is 0.0836 e. The summed E-state index contributed by atoms with van der Waals surface area (Å²) < 4.78 is 1.05. The molecule has 0 saturated carbocycles. The molecule has 0 nitrogen and oxygen atoms in total. The molecule has 0 amide bonds. The molecule has 1 heteroatoms. The van der Waals surface area contributed by atoms with Gasteiger partial charge in [-0.25, -0.2) is 0 Å². The highest BCUT2D eigenvalue weighted by Crippen LogP contribution is 2.51. The van der Waals surface area contributed by atoms with Crippen molar-refractivity contribution in [3.63, 3.8) is 0 Å². The Kier molecular flexibility index (Phi) is 5.64. The van der Waals surface area contributed by atoms with Crippen LogP contribution >= 0.6 is 22.6 Å². The fourth-order valence-electron chi connectivity index (χ4n) is 4.76. The summed E-state index contributed by atoms with van der Waals surface area (Å²) >= 11 is 2.47. The van der Waals surface area contributed by atoms with Crippen molar-refractivity contribution in [1.82, 2.24) is 0 Å². The van der Waals surface area contributed by atoms with Gasteiger partial charge in [0.25, 0.3) is 0 Å². The Morgan fingerprint density at radius 3 is 2.71 bits per heavy atom. The van der Waals surface area contributed by atoms with Crippen LogP contribution in [0.1, 0.15) is 62.3 Å². The van der Waals surface area contributed by atoms with Crippen LogP contribution < -0.4 is 0 Å². The highest BCUT2D eigenvalue weighted by molar-refractivity contribution is 14.1. The molecular formula is C27H29I. The van der Waals surface area contributed by atoms with Crippen LogP contribution in [-0.2, 0) is 11.8 Å². The van der Waals surface area contributed by atoms with Gasteiger partial charge in [-0.2, -0.15) is 0 Å². The molecule has 2 aromatic carbocycles. The topological polar surface area (TPSA) is 0 Å². The summed E-state index contributed by atoms with van der Waals surface area (Å²) in [5, 5.41) is 0.